The van der Waals surface area contributed by atoms with Crippen molar-refractivity contribution in [1.29, 1.82) is 0 Å². The van der Waals surface area contributed by atoms with Crippen molar-refractivity contribution in [1.82, 2.24) is 9.13 Å². The van der Waals surface area contributed by atoms with Gasteiger partial charge in [0.25, 0.3) is 5.56 Å². The number of allylic oxidation sites excluding steroid dienone is 2. The molecule has 3 heterocycles. The normalized spacial score (nSPS) is 15.2. The number of hydrogen-bond donors (Lipinski definition) is 0. The van der Waals surface area contributed by atoms with E-state index in [-0.39, 0.29) is 17.7 Å². The number of aromatic nitrogens is 2. The smallest absolute Gasteiger partial charge is 0.338 e. The Morgan fingerprint density at radius 2 is 1.97 bits per heavy atom. The fourth-order valence-corrected chi connectivity index (χ4v) is 6.00. The van der Waals surface area contributed by atoms with Crippen molar-refractivity contribution in [3.63, 3.8) is 0 Å². The molecule has 0 spiro atoms. The molecular weight excluding hydrogens is 514 g/mol. The summed E-state index contributed by atoms with van der Waals surface area (Å²) in [5.74, 6) is 0.551. The van der Waals surface area contributed by atoms with E-state index in [0.717, 1.165) is 16.5 Å². The molecule has 2 aromatic heterocycles. The first-order valence-electron chi connectivity index (χ1n) is 12.5. The number of ether oxygens (including phenoxy) is 3. The summed E-state index contributed by atoms with van der Waals surface area (Å²) in [5.41, 5.74) is 3.07. The van der Waals surface area contributed by atoms with Gasteiger partial charge in [-0.05, 0) is 44.2 Å². The average molecular weight is 544 g/mol. The van der Waals surface area contributed by atoms with Crippen LogP contribution in [-0.2, 0) is 16.1 Å². The highest BCUT2D eigenvalue weighted by atomic mass is 32.1. The van der Waals surface area contributed by atoms with Gasteiger partial charge in [-0.1, -0.05) is 35.6 Å². The molecule has 4 aromatic rings. The van der Waals surface area contributed by atoms with E-state index in [4.69, 9.17) is 14.2 Å². The molecule has 0 fully saturated rings. The fraction of sp³-hybridized carbons (Fsp3) is 0.233. The second-order valence-electron chi connectivity index (χ2n) is 8.95. The van der Waals surface area contributed by atoms with Crippen LogP contribution in [0.5, 0.6) is 11.5 Å². The maximum absolute atomic E-state index is 14.1. The van der Waals surface area contributed by atoms with Crippen LogP contribution in [0.25, 0.3) is 17.0 Å². The molecule has 0 amide bonds. The van der Waals surface area contributed by atoms with Crippen LogP contribution in [0.4, 0.5) is 0 Å². The fourth-order valence-electron chi connectivity index (χ4n) is 4.96. The molecule has 5 rings (SSSR count). The first-order chi connectivity index (χ1) is 18.9. The summed E-state index contributed by atoms with van der Waals surface area (Å²) in [5, 5.41) is 1.03. The number of thiazole rings is 1. The lowest BCUT2D eigenvalue weighted by Gasteiger charge is -2.26. The molecule has 200 valence electrons. The van der Waals surface area contributed by atoms with Gasteiger partial charge in [0.05, 0.1) is 36.6 Å². The summed E-state index contributed by atoms with van der Waals surface area (Å²) in [6.07, 6.45) is 5.74. The number of rotatable bonds is 8. The average Bonchev–Trinajstić information content (AvgIpc) is 3.44. The quantitative estimate of drug-likeness (QED) is 0.248. The summed E-state index contributed by atoms with van der Waals surface area (Å²) in [6.45, 7) is 8.20. The van der Waals surface area contributed by atoms with Gasteiger partial charge >= 0.3 is 5.97 Å². The van der Waals surface area contributed by atoms with E-state index < -0.39 is 12.0 Å². The minimum Gasteiger partial charge on any atom is -0.497 e. The van der Waals surface area contributed by atoms with Gasteiger partial charge in [-0.3, -0.25) is 9.36 Å². The molecule has 1 atom stereocenters. The molecule has 1 aliphatic heterocycles. The second-order valence-corrected chi connectivity index (χ2v) is 9.96. The zero-order valence-corrected chi connectivity index (χ0v) is 23.1. The molecule has 9 heteroatoms. The third-order valence-electron chi connectivity index (χ3n) is 6.68. The van der Waals surface area contributed by atoms with Gasteiger partial charge in [0.15, 0.2) is 4.80 Å². The van der Waals surface area contributed by atoms with E-state index in [2.05, 4.69) is 16.1 Å². The van der Waals surface area contributed by atoms with Gasteiger partial charge in [0.2, 0.25) is 0 Å². The van der Waals surface area contributed by atoms with Crippen LogP contribution in [-0.4, -0.2) is 35.9 Å². The highest BCUT2D eigenvalue weighted by Crippen LogP contribution is 2.37. The van der Waals surface area contributed by atoms with Crippen molar-refractivity contribution in [2.75, 3.05) is 20.8 Å². The van der Waals surface area contributed by atoms with Crippen molar-refractivity contribution in [3.05, 3.63) is 103 Å². The van der Waals surface area contributed by atoms with Crippen LogP contribution in [0.15, 0.2) is 82.4 Å². The van der Waals surface area contributed by atoms with Gasteiger partial charge in [-0.25, -0.2) is 9.79 Å². The molecule has 0 radical (unpaired) electrons. The Morgan fingerprint density at radius 3 is 2.69 bits per heavy atom. The zero-order chi connectivity index (χ0) is 27.7. The molecular formula is C30H29N3O5S. The van der Waals surface area contributed by atoms with Crippen molar-refractivity contribution >= 4 is 34.3 Å². The molecule has 0 N–H and O–H groups in total. The zero-order valence-electron chi connectivity index (χ0n) is 22.3. The molecule has 0 saturated heterocycles. The van der Waals surface area contributed by atoms with Crippen LogP contribution >= 0.6 is 11.3 Å². The highest BCUT2D eigenvalue weighted by molar-refractivity contribution is 7.07. The highest BCUT2D eigenvalue weighted by Gasteiger charge is 2.35. The third kappa shape index (κ3) is 4.59. The van der Waals surface area contributed by atoms with Crippen molar-refractivity contribution in [2.45, 2.75) is 26.4 Å². The van der Waals surface area contributed by atoms with Gasteiger partial charge in [-0.15, -0.1) is 6.58 Å². The monoisotopic (exact) mass is 543 g/mol. The summed E-state index contributed by atoms with van der Waals surface area (Å²) in [6, 6.07) is 12.5. The molecule has 0 saturated carbocycles. The molecule has 0 aliphatic carbocycles. The number of hydrogen-bond acceptors (Lipinski definition) is 7. The lowest BCUT2D eigenvalue weighted by molar-refractivity contribution is -0.139. The largest absolute Gasteiger partial charge is 0.497 e. The molecule has 39 heavy (non-hydrogen) atoms. The van der Waals surface area contributed by atoms with Crippen LogP contribution < -0.4 is 24.4 Å². The SMILES string of the molecule is C=CCn1cc(/C=c2\sc3n(c2=O)C(c2cc(OC)ccc2OC)C(C(=O)OCC)=C(C)N=3)c2ccccc21. The van der Waals surface area contributed by atoms with Crippen LogP contribution in [0.2, 0.25) is 0 Å². The summed E-state index contributed by atoms with van der Waals surface area (Å²) in [4.78, 5) is 32.5. The van der Waals surface area contributed by atoms with Crippen molar-refractivity contribution in [2.24, 2.45) is 4.99 Å². The number of para-hydroxylation sites is 1. The molecule has 8 nitrogen and oxygen atoms in total. The van der Waals surface area contributed by atoms with Gasteiger partial charge in [0, 0.05) is 34.8 Å². The predicted molar refractivity (Wildman–Crippen MR) is 152 cm³/mol. The van der Waals surface area contributed by atoms with Crippen molar-refractivity contribution in [3.8, 4) is 11.5 Å². The van der Waals surface area contributed by atoms with E-state index in [1.54, 1.807) is 50.8 Å². The Labute approximate surface area is 229 Å². The molecule has 1 aliphatic rings. The topological polar surface area (TPSA) is 84.0 Å². The summed E-state index contributed by atoms with van der Waals surface area (Å²) < 4.78 is 20.7. The van der Waals surface area contributed by atoms with Crippen LogP contribution in [0.1, 0.15) is 31.0 Å². The molecule has 2 aromatic carbocycles. The lowest BCUT2D eigenvalue weighted by atomic mass is 9.94. The maximum atomic E-state index is 14.1. The van der Waals surface area contributed by atoms with Crippen LogP contribution in [0.3, 0.4) is 0 Å². The Hall–Kier alpha value is -4.37. The number of carbonyl (C=O) groups is 1. The van der Waals surface area contributed by atoms with Crippen molar-refractivity contribution < 1.29 is 19.0 Å². The Bertz CT molecular complexity index is 1810. The van der Waals surface area contributed by atoms with E-state index in [9.17, 15) is 9.59 Å². The van der Waals surface area contributed by atoms with E-state index in [0.29, 0.717) is 38.6 Å². The third-order valence-corrected chi connectivity index (χ3v) is 7.66. The van der Waals surface area contributed by atoms with Gasteiger partial charge < -0.3 is 18.8 Å². The molecule has 0 bridgehead atoms. The Balaban J connectivity index is 1.78. The standard InChI is InChI=1S/C30H29N3O5S/c1-6-14-32-17-19(21-10-8-9-11-23(21)32)15-25-28(34)33-27(22-16-20(36-4)12-13-24(22)37-5)26(29(35)38-7-2)18(3)31-30(33)39-25/h6,8-13,15-17,27H,1,7,14H2,2-5H3/b25-15-. The summed E-state index contributed by atoms with van der Waals surface area (Å²) >= 11 is 1.28. The maximum Gasteiger partial charge on any atom is 0.338 e. The summed E-state index contributed by atoms with van der Waals surface area (Å²) in [7, 11) is 3.11. The number of carbonyl (C=O) groups excluding carboxylic acids is 1. The van der Waals surface area contributed by atoms with E-state index in [1.807, 2.05) is 42.6 Å². The van der Waals surface area contributed by atoms with Gasteiger partial charge in [0.1, 0.15) is 17.5 Å². The van der Waals surface area contributed by atoms with Gasteiger partial charge in [-0.2, -0.15) is 0 Å². The second kappa shape index (κ2) is 10.8. The Kier molecular flexibility index (Phi) is 7.26. The lowest BCUT2D eigenvalue weighted by Crippen LogP contribution is -2.40. The minimum atomic E-state index is -0.811. The first-order valence-corrected chi connectivity index (χ1v) is 13.3. The number of nitrogens with zero attached hydrogens (tertiary/aromatic N) is 3. The number of fused-ring (bicyclic) bond motifs is 2. The Morgan fingerprint density at radius 1 is 1.18 bits per heavy atom. The number of methoxy groups -OCH3 is 2. The van der Waals surface area contributed by atoms with Crippen LogP contribution in [0, 0.1) is 0 Å². The molecule has 1 unspecified atom stereocenters. The van der Waals surface area contributed by atoms with E-state index in [1.165, 1.54) is 11.3 Å². The van der Waals surface area contributed by atoms with E-state index >= 15 is 0 Å². The first kappa shape index (κ1) is 26.2. The minimum absolute atomic E-state index is 0.191. The predicted octanol–water partition coefficient (Wildman–Crippen LogP) is 3.96. The number of benzene rings is 2. The number of esters is 1.